The van der Waals surface area contributed by atoms with Crippen LogP contribution in [0.1, 0.15) is 11.1 Å². The smallest absolute Gasteiger partial charge is 0.121 e. The van der Waals surface area contributed by atoms with Gasteiger partial charge in [0.1, 0.15) is 12.4 Å². The number of ether oxygens (including phenoxy) is 1. The molecule has 0 aliphatic carbocycles. The maximum absolute atomic E-state index is 5.99. The molecule has 1 aliphatic rings. The molecule has 0 amide bonds. The van der Waals surface area contributed by atoms with Gasteiger partial charge in [0.05, 0.1) is 0 Å². The molecule has 0 saturated carbocycles. The van der Waals surface area contributed by atoms with Crippen LogP contribution in [-0.4, -0.2) is 19.6 Å². The average molecular weight is 315 g/mol. The molecule has 0 bridgehead atoms. The second kappa shape index (κ2) is 6.86. The molecule has 1 aliphatic heterocycles. The van der Waals surface area contributed by atoms with Crippen molar-refractivity contribution < 1.29 is 4.74 Å². The number of halogens is 1. The van der Waals surface area contributed by atoms with Crippen molar-refractivity contribution in [1.29, 1.82) is 0 Å². The molecule has 0 spiro atoms. The summed E-state index contributed by atoms with van der Waals surface area (Å²) in [6.07, 6.45) is 4.30. The van der Waals surface area contributed by atoms with Gasteiger partial charge in [0, 0.05) is 36.4 Å². The Balaban J connectivity index is 1.75. The summed E-state index contributed by atoms with van der Waals surface area (Å²) in [4.78, 5) is 2.27. The van der Waals surface area contributed by atoms with Crippen molar-refractivity contribution >= 4 is 23.4 Å². The van der Waals surface area contributed by atoms with Crippen LogP contribution in [0.15, 0.2) is 48.5 Å². The number of hydrogen-bond donors (Lipinski definition) is 1. The number of nitrogens with two attached hydrogens (primary N) is 1. The first kappa shape index (κ1) is 14.9. The average Bonchev–Trinajstić information content (AvgIpc) is 2.54. The summed E-state index contributed by atoms with van der Waals surface area (Å²) in [5.74, 6) is 0.857. The molecule has 3 nitrogen and oxygen atoms in total. The first-order valence-electron chi connectivity index (χ1n) is 7.39. The van der Waals surface area contributed by atoms with Crippen LogP contribution in [0.3, 0.4) is 0 Å². The molecule has 114 valence electrons. The molecule has 2 N–H and O–H groups in total. The maximum Gasteiger partial charge on any atom is 0.121 e. The van der Waals surface area contributed by atoms with Crippen LogP contribution in [0.5, 0.6) is 5.75 Å². The van der Waals surface area contributed by atoms with Crippen LogP contribution >= 0.6 is 11.6 Å². The Labute approximate surface area is 135 Å². The molecule has 1 heterocycles. The van der Waals surface area contributed by atoms with Gasteiger partial charge in [-0.3, -0.25) is 0 Å². The molecule has 4 heteroatoms. The van der Waals surface area contributed by atoms with Crippen molar-refractivity contribution in [3.8, 4) is 5.75 Å². The zero-order chi connectivity index (χ0) is 15.4. The van der Waals surface area contributed by atoms with E-state index in [0.29, 0.717) is 13.2 Å². The standard InChI is InChI=1S/C18H19ClN2O/c19-16-5-1-3-14(11-16)13-22-17-7-6-15-4-2-9-21(10-8-20)18(15)12-17/h1-7,11-12H,8-10,13,20H2. The van der Waals surface area contributed by atoms with E-state index < -0.39 is 0 Å². The monoisotopic (exact) mass is 314 g/mol. The van der Waals surface area contributed by atoms with Crippen LogP contribution in [0.25, 0.3) is 6.08 Å². The summed E-state index contributed by atoms with van der Waals surface area (Å²) in [7, 11) is 0. The van der Waals surface area contributed by atoms with Gasteiger partial charge in [-0.25, -0.2) is 0 Å². The van der Waals surface area contributed by atoms with Crippen molar-refractivity contribution in [3.63, 3.8) is 0 Å². The van der Waals surface area contributed by atoms with Crippen molar-refractivity contribution in [1.82, 2.24) is 0 Å². The minimum atomic E-state index is 0.506. The van der Waals surface area contributed by atoms with Gasteiger partial charge in [-0.05, 0) is 35.4 Å². The van der Waals surface area contributed by atoms with Crippen LogP contribution in [0.2, 0.25) is 5.02 Å². The molecular weight excluding hydrogens is 296 g/mol. The van der Waals surface area contributed by atoms with Gasteiger partial charge in [-0.1, -0.05) is 35.9 Å². The molecule has 0 aromatic heterocycles. The Morgan fingerprint density at radius 2 is 2.09 bits per heavy atom. The second-order valence-electron chi connectivity index (χ2n) is 5.28. The molecule has 0 saturated heterocycles. The van der Waals surface area contributed by atoms with Crippen LogP contribution in [0.4, 0.5) is 5.69 Å². The van der Waals surface area contributed by atoms with Gasteiger partial charge < -0.3 is 15.4 Å². The lowest BCUT2D eigenvalue weighted by molar-refractivity contribution is 0.306. The van der Waals surface area contributed by atoms with E-state index >= 15 is 0 Å². The Morgan fingerprint density at radius 1 is 1.18 bits per heavy atom. The summed E-state index contributed by atoms with van der Waals surface area (Å²) < 4.78 is 5.90. The fraction of sp³-hybridized carbons (Fsp3) is 0.222. The Morgan fingerprint density at radius 3 is 2.91 bits per heavy atom. The summed E-state index contributed by atoms with van der Waals surface area (Å²) in [6.45, 7) is 2.88. The zero-order valence-electron chi connectivity index (χ0n) is 12.3. The molecule has 0 fully saturated rings. The van der Waals surface area contributed by atoms with Gasteiger partial charge >= 0.3 is 0 Å². The fourth-order valence-electron chi connectivity index (χ4n) is 2.59. The number of nitrogens with zero attached hydrogens (tertiary/aromatic N) is 1. The zero-order valence-corrected chi connectivity index (χ0v) is 13.1. The van der Waals surface area contributed by atoms with Crippen LogP contribution < -0.4 is 15.4 Å². The minimum Gasteiger partial charge on any atom is -0.489 e. The lowest BCUT2D eigenvalue weighted by Crippen LogP contribution is -2.31. The molecule has 2 aromatic carbocycles. The second-order valence-corrected chi connectivity index (χ2v) is 5.71. The molecule has 0 atom stereocenters. The summed E-state index contributed by atoms with van der Waals surface area (Å²) in [5.41, 5.74) is 9.13. The predicted octanol–water partition coefficient (Wildman–Crippen LogP) is 3.71. The highest BCUT2D eigenvalue weighted by Crippen LogP contribution is 2.30. The van der Waals surface area contributed by atoms with Crippen molar-refractivity contribution in [2.24, 2.45) is 5.73 Å². The first-order valence-corrected chi connectivity index (χ1v) is 7.77. The number of anilines is 1. The summed E-state index contributed by atoms with van der Waals surface area (Å²) in [5, 5.41) is 0.728. The van der Waals surface area contributed by atoms with Gasteiger partial charge in [-0.2, -0.15) is 0 Å². The molecule has 0 radical (unpaired) electrons. The Bertz CT molecular complexity index is 685. The maximum atomic E-state index is 5.99. The van der Waals surface area contributed by atoms with E-state index in [1.54, 1.807) is 0 Å². The third-order valence-electron chi connectivity index (χ3n) is 3.66. The number of hydrogen-bond acceptors (Lipinski definition) is 3. The number of fused-ring (bicyclic) bond motifs is 1. The first-order chi connectivity index (χ1) is 10.8. The van der Waals surface area contributed by atoms with E-state index in [4.69, 9.17) is 22.1 Å². The van der Waals surface area contributed by atoms with Crippen LogP contribution in [0, 0.1) is 0 Å². The third kappa shape index (κ3) is 3.43. The lowest BCUT2D eigenvalue weighted by atomic mass is 10.1. The summed E-state index contributed by atoms with van der Waals surface area (Å²) in [6, 6.07) is 13.9. The number of benzene rings is 2. The lowest BCUT2D eigenvalue weighted by Gasteiger charge is -2.28. The topological polar surface area (TPSA) is 38.5 Å². The van der Waals surface area contributed by atoms with Crippen molar-refractivity contribution in [2.45, 2.75) is 6.61 Å². The van der Waals surface area contributed by atoms with Crippen molar-refractivity contribution in [3.05, 3.63) is 64.7 Å². The predicted molar refractivity (Wildman–Crippen MR) is 92.5 cm³/mol. The van der Waals surface area contributed by atoms with E-state index in [-0.39, 0.29) is 0 Å². The van der Waals surface area contributed by atoms with E-state index in [9.17, 15) is 0 Å². The highest BCUT2D eigenvalue weighted by Gasteiger charge is 2.13. The van der Waals surface area contributed by atoms with E-state index in [2.05, 4.69) is 29.2 Å². The number of rotatable bonds is 5. The SMILES string of the molecule is NCCN1CC=Cc2ccc(OCc3cccc(Cl)c3)cc21. The minimum absolute atomic E-state index is 0.506. The molecular formula is C18H19ClN2O. The highest BCUT2D eigenvalue weighted by molar-refractivity contribution is 6.30. The van der Waals surface area contributed by atoms with E-state index in [1.165, 1.54) is 11.3 Å². The molecule has 3 rings (SSSR count). The van der Waals surface area contributed by atoms with E-state index in [1.807, 2.05) is 30.3 Å². The normalized spacial score (nSPS) is 13.1. The quantitative estimate of drug-likeness (QED) is 0.914. The van der Waals surface area contributed by atoms with Gasteiger partial charge in [0.25, 0.3) is 0 Å². The van der Waals surface area contributed by atoms with Gasteiger partial charge in [0.2, 0.25) is 0 Å². The third-order valence-corrected chi connectivity index (χ3v) is 3.89. The van der Waals surface area contributed by atoms with Crippen LogP contribution in [-0.2, 0) is 6.61 Å². The molecule has 22 heavy (non-hydrogen) atoms. The largest absolute Gasteiger partial charge is 0.489 e. The Hall–Kier alpha value is -1.97. The highest BCUT2D eigenvalue weighted by atomic mass is 35.5. The van der Waals surface area contributed by atoms with Gasteiger partial charge in [0.15, 0.2) is 0 Å². The van der Waals surface area contributed by atoms with Gasteiger partial charge in [-0.15, -0.1) is 0 Å². The van der Waals surface area contributed by atoms with Crippen molar-refractivity contribution in [2.75, 3.05) is 24.5 Å². The van der Waals surface area contributed by atoms with E-state index in [0.717, 1.165) is 29.4 Å². The summed E-state index contributed by atoms with van der Waals surface area (Å²) >= 11 is 5.99. The Kier molecular flexibility index (Phi) is 4.66. The molecule has 2 aromatic rings. The fourth-order valence-corrected chi connectivity index (χ4v) is 2.81. The molecule has 0 unspecified atom stereocenters.